The minimum Gasteiger partial charge on any atom is -0.497 e. The highest BCUT2D eigenvalue weighted by Gasteiger charge is 2.32. The number of methoxy groups -OCH3 is 1. The molecule has 37 heavy (non-hydrogen) atoms. The van der Waals surface area contributed by atoms with Crippen LogP contribution in [0.3, 0.4) is 0 Å². The van der Waals surface area contributed by atoms with Crippen molar-refractivity contribution in [1.29, 1.82) is 0 Å². The van der Waals surface area contributed by atoms with E-state index in [2.05, 4.69) is 5.32 Å². The number of ether oxygens (including phenoxy) is 2. The first-order valence-electron chi connectivity index (χ1n) is 11.9. The summed E-state index contributed by atoms with van der Waals surface area (Å²) >= 11 is 1.42. The third-order valence-electron chi connectivity index (χ3n) is 5.45. The number of nitrogens with zero attached hydrogens (tertiary/aromatic N) is 1. The van der Waals surface area contributed by atoms with E-state index in [9.17, 15) is 18.3 Å². The molecule has 8 nitrogen and oxygen atoms in total. The molecule has 0 fully saturated rings. The zero-order valence-corrected chi connectivity index (χ0v) is 23.1. The molecular formula is C27H34N2O6S2. The van der Waals surface area contributed by atoms with Crippen LogP contribution in [0.5, 0.6) is 5.75 Å². The van der Waals surface area contributed by atoms with E-state index in [1.807, 2.05) is 47.8 Å². The van der Waals surface area contributed by atoms with E-state index in [1.165, 1.54) is 34.9 Å². The number of carbonyl (C=O) groups excluding carboxylic acids is 1. The molecule has 3 rings (SSSR count). The van der Waals surface area contributed by atoms with Crippen molar-refractivity contribution < 1.29 is 27.8 Å². The van der Waals surface area contributed by atoms with Crippen LogP contribution in [0.15, 0.2) is 77.0 Å². The number of benzene rings is 2. The van der Waals surface area contributed by atoms with Crippen LogP contribution >= 0.6 is 11.3 Å². The van der Waals surface area contributed by atoms with Crippen molar-refractivity contribution in [3.63, 3.8) is 0 Å². The maximum atomic E-state index is 13.7. The molecule has 0 bridgehead atoms. The number of hydrogen-bond acceptors (Lipinski definition) is 7. The highest BCUT2D eigenvalue weighted by Crippen LogP contribution is 2.24. The van der Waals surface area contributed by atoms with E-state index in [4.69, 9.17) is 9.47 Å². The monoisotopic (exact) mass is 546 g/mol. The summed E-state index contributed by atoms with van der Waals surface area (Å²) < 4.78 is 39.3. The van der Waals surface area contributed by atoms with E-state index in [0.29, 0.717) is 5.75 Å². The Morgan fingerprint density at radius 3 is 2.43 bits per heavy atom. The minimum absolute atomic E-state index is 0.0512. The van der Waals surface area contributed by atoms with Gasteiger partial charge in [-0.25, -0.2) is 13.2 Å². The van der Waals surface area contributed by atoms with E-state index in [1.54, 1.807) is 32.9 Å². The number of alkyl carbamates (subject to hydrolysis) is 1. The topological polar surface area (TPSA) is 105 Å². The molecule has 0 saturated heterocycles. The lowest BCUT2D eigenvalue weighted by atomic mass is 10.0. The first kappa shape index (κ1) is 28.6. The van der Waals surface area contributed by atoms with Crippen molar-refractivity contribution in [2.75, 3.05) is 13.7 Å². The van der Waals surface area contributed by atoms with Gasteiger partial charge in [-0.1, -0.05) is 42.5 Å². The number of hydrogen-bond donors (Lipinski definition) is 2. The fourth-order valence-electron chi connectivity index (χ4n) is 3.68. The van der Waals surface area contributed by atoms with Crippen LogP contribution in [0, 0.1) is 0 Å². The number of aliphatic hydroxyl groups excluding tert-OH is 1. The van der Waals surface area contributed by atoms with Gasteiger partial charge in [0.25, 0.3) is 0 Å². The van der Waals surface area contributed by atoms with E-state index >= 15 is 0 Å². The smallest absolute Gasteiger partial charge is 0.407 e. The lowest BCUT2D eigenvalue weighted by Gasteiger charge is -2.30. The molecule has 2 atom stereocenters. The minimum atomic E-state index is -4.01. The molecule has 1 amide bonds. The Balaban J connectivity index is 1.90. The zero-order valence-electron chi connectivity index (χ0n) is 21.5. The van der Waals surface area contributed by atoms with Gasteiger partial charge in [-0.2, -0.15) is 4.31 Å². The second-order valence-electron chi connectivity index (χ2n) is 9.57. The maximum absolute atomic E-state index is 13.7. The molecule has 0 saturated carbocycles. The van der Waals surface area contributed by atoms with Crippen molar-refractivity contribution in [2.45, 2.75) is 56.4 Å². The van der Waals surface area contributed by atoms with Gasteiger partial charge in [-0.15, -0.1) is 11.3 Å². The van der Waals surface area contributed by atoms with Crippen molar-refractivity contribution in [1.82, 2.24) is 9.62 Å². The van der Waals surface area contributed by atoms with Gasteiger partial charge in [0.1, 0.15) is 11.4 Å². The summed E-state index contributed by atoms with van der Waals surface area (Å²) in [5.41, 5.74) is 0.149. The van der Waals surface area contributed by atoms with Gasteiger partial charge in [-0.05, 0) is 56.3 Å². The molecule has 1 heterocycles. The number of rotatable bonds is 11. The summed E-state index contributed by atoms with van der Waals surface area (Å²) in [6, 6.07) is 18.5. The lowest BCUT2D eigenvalue weighted by molar-refractivity contribution is 0.0401. The van der Waals surface area contributed by atoms with Crippen LogP contribution in [-0.4, -0.2) is 55.3 Å². The Labute approximate surface area is 222 Å². The molecule has 2 N–H and O–H groups in total. The molecule has 0 spiro atoms. The van der Waals surface area contributed by atoms with Crippen LogP contribution in [-0.2, 0) is 27.7 Å². The number of sulfonamides is 1. The van der Waals surface area contributed by atoms with Crippen LogP contribution in [0.2, 0.25) is 0 Å². The SMILES string of the molecule is COc1cccc(S(=O)(=O)N(Cc2cccs2)C[C@@H](O)[C@H](Cc2ccccc2)NC(=O)OC(C)(C)C)c1. The second-order valence-corrected chi connectivity index (χ2v) is 12.5. The number of thiophene rings is 1. The summed E-state index contributed by atoms with van der Waals surface area (Å²) in [5, 5.41) is 15.9. The van der Waals surface area contributed by atoms with Gasteiger partial charge in [0.15, 0.2) is 0 Å². The first-order chi connectivity index (χ1) is 17.5. The molecular weight excluding hydrogens is 512 g/mol. The fourth-order valence-corrected chi connectivity index (χ4v) is 5.95. The summed E-state index contributed by atoms with van der Waals surface area (Å²) in [5.74, 6) is 0.409. The van der Waals surface area contributed by atoms with Crippen LogP contribution < -0.4 is 10.1 Å². The standard InChI is InChI=1S/C27H34N2O6S2/c1-27(2,3)35-26(31)28-24(16-20-10-6-5-7-11-20)25(30)19-29(18-22-13-9-15-36-22)37(32,33)23-14-8-12-21(17-23)34-4/h5-15,17,24-25,30H,16,18-19H2,1-4H3,(H,28,31)/t24-,25+/m0/s1. The maximum Gasteiger partial charge on any atom is 0.407 e. The third kappa shape index (κ3) is 8.57. The number of aliphatic hydroxyl groups is 1. The predicted octanol–water partition coefficient (Wildman–Crippen LogP) is 4.44. The highest BCUT2D eigenvalue weighted by molar-refractivity contribution is 7.89. The van der Waals surface area contributed by atoms with Crippen molar-refractivity contribution >= 4 is 27.5 Å². The second kappa shape index (κ2) is 12.6. The first-order valence-corrected chi connectivity index (χ1v) is 14.2. The molecule has 0 aliphatic heterocycles. The van der Waals surface area contributed by atoms with E-state index in [-0.39, 0.29) is 24.4 Å². The molecule has 0 radical (unpaired) electrons. The highest BCUT2D eigenvalue weighted by atomic mass is 32.2. The van der Waals surface area contributed by atoms with Gasteiger partial charge in [0.05, 0.1) is 24.2 Å². The quantitative estimate of drug-likeness (QED) is 0.368. The lowest BCUT2D eigenvalue weighted by Crippen LogP contribution is -2.51. The Morgan fingerprint density at radius 1 is 1.08 bits per heavy atom. The Hall–Kier alpha value is -2.92. The van der Waals surface area contributed by atoms with Gasteiger partial charge in [0.2, 0.25) is 10.0 Å². The van der Waals surface area contributed by atoms with Crippen LogP contribution in [0.1, 0.15) is 31.2 Å². The average Bonchev–Trinajstić information content (AvgIpc) is 3.36. The molecule has 3 aromatic rings. The van der Waals surface area contributed by atoms with E-state index < -0.39 is 33.9 Å². The molecule has 0 unspecified atom stereocenters. The Morgan fingerprint density at radius 2 is 1.81 bits per heavy atom. The summed E-state index contributed by atoms with van der Waals surface area (Å²) in [4.78, 5) is 13.5. The predicted molar refractivity (Wildman–Crippen MR) is 144 cm³/mol. The summed E-state index contributed by atoms with van der Waals surface area (Å²) in [6.07, 6.45) is -1.63. The van der Waals surface area contributed by atoms with Crippen molar-refractivity contribution in [3.05, 3.63) is 82.6 Å². The molecule has 0 aliphatic carbocycles. The number of amides is 1. The number of nitrogens with one attached hydrogen (secondary N) is 1. The van der Waals surface area contributed by atoms with E-state index in [0.717, 1.165) is 10.4 Å². The molecule has 2 aromatic carbocycles. The third-order valence-corrected chi connectivity index (χ3v) is 8.12. The molecule has 10 heteroatoms. The normalized spacial score (nSPS) is 13.7. The van der Waals surface area contributed by atoms with Gasteiger partial charge < -0.3 is 19.9 Å². The van der Waals surface area contributed by atoms with Crippen molar-refractivity contribution in [3.8, 4) is 5.75 Å². The van der Waals surface area contributed by atoms with Crippen LogP contribution in [0.4, 0.5) is 4.79 Å². The average molecular weight is 547 g/mol. The van der Waals surface area contributed by atoms with Crippen molar-refractivity contribution in [2.24, 2.45) is 0 Å². The van der Waals surface area contributed by atoms with Gasteiger partial charge in [0, 0.05) is 24.0 Å². The zero-order chi connectivity index (χ0) is 27.1. The molecule has 200 valence electrons. The van der Waals surface area contributed by atoms with Crippen LogP contribution in [0.25, 0.3) is 0 Å². The molecule has 0 aliphatic rings. The Kier molecular flexibility index (Phi) is 9.72. The van der Waals surface area contributed by atoms with Gasteiger partial charge >= 0.3 is 6.09 Å². The fraction of sp³-hybridized carbons (Fsp3) is 0.370. The Bertz CT molecular complexity index is 1240. The summed E-state index contributed by atoms with van der Waals surface area (Å²) in [6.45, 7) is 5.07. The van der Waals surface area contributed by atoms with Gasteiger partial charge in [-0.3, -0.25) is 0 Å². The summed E-state index contributed by atoms with van der Waals surface area (Å²) in [7, 11) is -2.54. The largest absolute Gasteiger partial charge is 0.497 e. The molecule has 1 aromatic heterocycles. The number of carbonyl (C=O) groups is 1.